The summed E-state index contributed by atoms with van der Waals surface area (Å²) in [5.41, 5.74) is 6.95. The first-order valence-electron chi connectivity index (χ1n) is 6.09. The van der Waals surface area contributed by atoms with Gasteiger partial charge < -0.3 is 10.2 Å². The van der Waals surface area contributed by atoms with E-state index in [1.54, 1.807) is 24.4 Å². The van der Waals surface area contributed by atoms with Crippen LogP contribution in [-0.2, 0) is 6.54 Å². The molecule has 0 radical (unpaired) electrons. The summed E-state index contributed by atoms with van der Waals surface area (Å²) in [4.78, 5) is 16.0. The number of halogens is 1. The maximum atomic E-state index is 14.1. The lowest BCUT2D eigenvalue weighted by Gasteiger charge is -2.06. The van der Waals surface area contributed by atoms with Gasteiger partial charge in [0.05, 0.1) is 6.54 Å². The summed E-state index contributed by atoms with van der Waals surface area (Å²) in [5, 5.41) is 0. The van der Waals surface area contributed by atoms with E-state index in [1.165, 1.54) is 16.7 Å². The molecule has 0 unspecified atom stereocenters. The van der Waals surface area contributed by atoms with Crippen LogP contribution in [0, 0.1) is 5.82 Å². The van der Waals surface area contributed by atoms with Crippen LogP contribution in [0.4, 0.5) is 4.39 Å². The second-order valence-electron chi connectivity index (χ2n) is 4.45. The minimum atomic E-state index is -0.582. The third kappa shape index (κ3) is 2.43. The van der Waals surface area contributed by atoms with Crippen LogP contribution in [0.15, 0.2) is 45.7 Å². The molecule has 0 amide bonds. The smallest absolute Gasteiger partial charge is 0.406 e. The van der Waals surface area contributed by atoms with Crippen molar-refractivity contribution >= 4 is 28.4 Å². The molecule has 0 atom stereocenters. The molecular formula is C14H10FN3O2S. The van der Waals surface area contributed by atoms with Crippen LogP contribution >= 0.6 is 12.2 Å². The van der Waals surface area contributed by atoms with Crippen LogP contribution in [-0.4, -0.2) is 14.5 Å². The quantitative estimate of drug-likeness (QED) is 0.747. The Balaban J connectivity index is 2.05. The van der Waals surface area contributed by atoms with Gasteiger partial charge >= 0.3 is 5.76 Å². The third-order valence-electron chi connectivity index (χ3n) is 3.09. The van der Waals surface area contributed by atoms with Crippen LogP contribution in [0.2, 0.25) is 0 Å². The summed E-state index contributed by atoms with van der Waals surface area (Å²) >= 11 is 4.80. The van der Waals surface area contributed by atoms with Gasteiger partial charge in [-0.1, -0.05) is 24.4 Å². The van der Waals surface area contributed by atoms with Gasteiger partial charge in [-0.3, -0.25) is 4.57 Å². The Hall–Kier alpha value is -2.54. The number of pyridine rings is 1. The summed E-state index contributed by atoms with van der Waals surface area (Å²) in [5.74, 6) is -1.07. The van der Waals surface area contributed by atoms with Crippen molar-refractivity contribution in [3.05, 3.63) is 64.0 Å². The molecule has 3 aromatic rings. The summed E-state index contributed by atoms with van der Waals surface area (Å²) in [7, 11) is 0. The number of oxazole rings is 1. The number of benzene rings is 1. The van der Waals surface area contributed by atoms with Gasteiger partial charge in [0, 0.05) is 17.3 Å². The van der Waals surface area contributed by atoms with Crippen molar-refractivity contribution in [1.82, 2.24) is 9.55 Å². The van der Waals surface area contributed by atoms with Crippen molar-refractivity contribution in [1.29, 1.82) is 0 Å². The molecule has 2 heterocycles. The SMILES string of the molecule is NC(=S)c1ccc(Cn2c(=O)oc3cccnc32)c(F)c1. The molecule has 0 spiro atoms. The van der Waals surface area contributed by atoms with E-state index in [9.17, 15) is 9.18 Å². The zero-order valence-corrected chi connectivity index (χ0v) is 11.6. The minimum absolute atomic E-state index is 0.0201. The van der Waals surface area contributed by atoms with Crippen molar-refractivity contribution in [3.8, 4) is 0 Å². The van der Waals surface area contributed by atoms with E-state index in [4.69, 9.17) is 22.4 Å². The highest BCUT2D eigenvalue weighted by atomic mass is 32.1. The Bertz CT molecular complexity index is 901. The lowest BCUT2D eigenvalue weighted by molar-refractivity contribution is 0.512. The number of aromatic nitrogens is 2. The van der Waals surface area contributed by atoms with Crippen LogP contribution in [0.5, 0.6) is 0 Å². The average Bonchev–Trinajstić information content (AvgIpc) is 2.77. The molecule has 106 valence electrons. The van der Waals surface area contributed by atoms with Crippen molar-refractivity contribution in [2.24, 2.45) is 5.73 Å². The average molecular weight is 303 g/mol. The Kier molecular flexibility index (Phi) is 3.26. The number of thiocarbonyl (C=S) groups is 1. The molecule has 2 N–H and O–H groups in total. The van der Waals surface area contributed by atoms with Crippen molar-refractivity contribution in [2.75, 3.05) is 0 Å². The second-order valence-corrected chi connectivity index (χ2v) is 4.89. The topological polar surface area (TPSA) is 74.0 Å². The molecule has 0 aliphatic rings. The molecule has 0 saturated heterocycles. The summed E-state index contributed by atoms with van der Waals surface area (Å²) < 4.78 is 20.4. The normalized spacial score (nSPS) is 10.9. The molecule has 1 aromatic carbocycles. The molecular weight excluding hydrogens is 293 g/mol. The van der Waals surface area contributed by atoms with Gasteiger partial charge in [0.25, 0.3) is 0 Å². The maximum Gasteiger partial charge on any atom is 0.421 e. The first-order chi connectivity index (χ1) is 10.1. The first kappa shape index (κ1) is 13.4. The molecule has 3 rings (SSSR count). The number of rotatable bonds is 3. The molecule has 0 fully saturated rings. The Morgan fingerprint density at radius 2 is 2.24 bits per heavy atom. The lowest BCUT2D eigenvalue weighted by Crippen LogP contribution is -2.17. The molecule has 0 bridgehead atoms. The van der Waals surface area contributed by atoms with Crippen molar-refractivity contribution in [2.45, 2.75) is 6.54 Å². The summed E-state index contributed by atoms with van der Waals surface area (Å²) in [6.45, 7) is 0.0201. The monoisotopic (exact) mass is 303 g/mol. The molecule has 21 heavy (non-hydrogen) atoms. The maximum absolute atomic E-state index is 14.1. The number of hydrogen-bond acceptors (Lipinski definition) is 4. The van der Waals surface area contributed by atoms with E-state index in [0.717, 1.165) is 0 Å². The van der Waals surface area contributed by atoms with Gasteiger partial charge in [-0.15, -0.1) is 0 Å². The highest BCUT2D eigenvalue weighted by molar-refractivity contribution is 7.80. The van der Waals surface area contributed by atoms with Crippen molar-refractivity contribution < 1.29 is 8.81 Å². The number of fused-ring (bicyclic) bond motifs is 1. The largest absolute Gasteiger partial charge is 0.421 e. The first-order valence-corrected chi connectivity index (χ1v) is 6.49. The molecule has 0 saturated carbocycles. The molecule has 0 aliphatic carbocycles. The lowest BCUT2D eigenvalue weighted by atomic mass is 10.1. The second kappa shape index (κ2) is 5.10. The summed E-state index contributed by atoms with van der Waals surface area (Å²) in [6.07, 6.45) is 1.54. The van der Waals surface area contributed by atoms with Gasteiger partial charge in [-0.05, 0) is 18.2 Å². The van der Waals surface area contributed by atoms with E-state index >= 15 is 0 Å². The Morgan fingerprint density at radius 1 is 1.43 bits per heavy atom. The number of hydrogen-bond donors (Lipinski definition) is 1. The predicted molar refractivity (Wildman–Crippen MR) is 79.7 cm³/mol. The van der Waals surface area contributed by atoms with Crippen LogP contribution in [0.1, 0.15) is 11.1 Å². The van der Waals surface area contributed by atoms with Gasteiger partial charge in [-0.2, -0.15) is 0 Å². The Morgan fingerprint density at radius 3 is 2.95 bits per heavy atom. The van der Waals surface area contributed by atoms with E-state index in [0.29, 0.717) is 22.4 Å². The minimum Gasteiger partial charge on any atom is -0.406 e. The summed E-state index contributed by atoms with van der Waals surface area (Å²) in [6, 6.07) is 7.69. The number of nitrogens with two attached hydrogens (primary N) is 1. The zero-order chi connectivity index (χ0) is 15.0. The van der Waals surface area contributed by atoms with Gasteiger partial charge in [0.15, 0.2) is 11.2 Å². The van der Waals surface area contributed by atoms with Crippen molar-refractivity contribution in [3.63, 3.8) is 0 Å². The van der Waals surface area contributed by atoms with Gasteiger partial charge in [-0.25, -0.2) is 14.2 Å². The van der Waals surface area contributed by atoms with E-state index in [-0.39, 0.29) is 11.5 Å². The highest BCUT2D eigenvalue weighted by Gasteiger charge is 2.13. The fourth-order valence-electron chi connectivity index (χ4n) is 2.04. The highest BCUT2D eigenvalue weighted by Crippen LogP contribution is 2.15. The number of nitrogens with zero attached hydrogens (tertiary/aromatic N) is 2. The van der Waals surface area contributed by atoms with E-state index in [1.807, 2.05) is 0 Å². The van der Waals surface area contributed by atoms with E-state index < -0.39 is 11.6 Å². The Labute approximate surface area is 123 Å². The third-order valence-corrected chi connectivity index (χ3v) is 3.33. The van der Waals surface area contributed by atoms with Crippen LogP contribution in [0.3, 0.4) is 0 Å². The van der Waals surface area contributed by atoms with Crippen LogP contribution in [0.25, 0.3) is 11.2 Å². The molecule has 7 heteroatoms. The fourth-order valence-corrected chi connectivity index (χ4v) is 2.17. The predicted octanol–water partition coefficient (Wildman–Crippen LogP) is 1.81. The fraction of sp³-hybridized carbons (Fsp3) is 0.0714. The molecule has 5 nitrogen and oxygen atoms in total. The van der Waals surface area contributed by atoms with Gasteiger partial charge in [0.2, 0.25) is 0 Å². The van der Waals surface area contributed by atoms with Gasteiger partial charge in [0.1, 0.15) is 10.8 Å². The molecule has 2 aromatic heterocycles. The van der Waals surface area contributed by atoms with Crippen LogP contribution < -0.4 is 11.5 Å². The molecule has 0 aliphatic heterocycles. The standard InChI is InChI=1S/C14H10FN3O2S/c15-10-6-8(12(16)21)3-4-9(10)7-18-13-11(20-14(18)19)2-1-5-17-13/h1-6H,7H2,(H2,16,21). The van der Waals surface area contributed by atoms with E-state index in [2.05, 4.69) is 4.98 Å². The zero-order valence-electron chi connectivity index (χ0n) is 10.7.